The first kappa shape index (κ1) is 14.3. The molecular weight excluding hydrogens is 260 g/mol. The first-order valence-electron chi connectivity index (χ1n) is 6.84. The third-order valence-electron chi connectivity index (χ3n) is 3.54. The van der Waals surface area contributed by atoms with E-state index < -0.39 is 10.0 Å². The molecule has 4 nitrogen and oxygen atoms in total. The highest BCUT2D eigenvalue weighted by molar-refractivity contribution is 7.89. The van der Waals surface area contributed by atoms with Crippen LogP contribution in [0.1, 0.15) is 38.2 Å². The van der Waals surface area contributed by atoms with E-state index in [9.17, 15) is 8.42 Å². The van der Waals surface area contributed by atoms with Crippen LogP contribution in [-0.4, -0.2) is 25.3 Å². The minimum atomic E-state index is -3.40. The molecule has 0 atom stereocenters. The van der Waals surface area contributed by atoms with E-state index in [1.807, 2.05) is 6.92 Å². The average molecular weight is 282 g/mol. The fraction of sp³-hybridized carbons (Fsp3) is 0.571. The standard InChI is InChI=1S/C14H22N2O2S/c1-3-4-9-16(12-6-7-12)19(17,18)13-8-5-11(2)14(15)10-13/h5,8,10,12H,3-4,6-7,9,15H2,1-2H3. The van der Waals surface area contributed by atoms with Crippen LogP contribution in [0, 0.1) is 6.92 Å². The molecule has 0 aromatic heterocycles. The van der Waals surface area contributed by atoms with Gasteiger partial charge in [0, 0.05) is 18.3 Å². The summed E-state index contributed by atoms with van der Waals surface area (Å²) in [5, 5.41) is 0. The van der Waals surface area contributed by atoms with E-state index in [0.29, 0.717) is 17.1 Å². The first-order valence-corrected chi connectivity index (χ1v) is 8.28. The Morgan fingerprint density at radius 3 is 2.58 bits per heavy atom. The fourth-order valence-electron chi connectivity index (χ4n) is 2.09. The van der Waals surface area contributed by atoms with Gasteiger partial charge in [0.05, 0.1) is 4.90 Å². The summed E-state index contributed by atoms with van der Waals surface area (Å²) in [5.41, 5.74) is 7.27. The number of nitrogen functional groups attached to an aromatic ring is 1. The van der Waals surface area contributed by atoms with Gasteiger partial charge in [-0.15, -0.1) is 0 Å². The molecule has 5 heteroatoms. The molecule has 0 heterocycles. The van der Waals surface area contributed by atoms with Crippen molar-refractivity contribution < 1.29 is 8.42 Å². The van der Waals surface area contributed by atoms with Gasteiger partial charge in [0.25, 0.3) is 0 Å². The monoisotopic (exact) mass is 282 g/mol. The molecule has 0 bridgehead atoms. The van der Waals surface area contributed by atoms with Crippen LogP contribution in [0.5, 0.6) is 0 Å². The lowest BCUT2D eigenvalue weighted by atomic mass is 10.2. The molecule has 0 amide bonds. The maximum absolute atomic E-state index is 12.7. The second-order valence-corrected chi connectivity index (χ2v) is 7.11. The van der Waals surface area contributed by atoms with E-state index in [2.05, 4.69) is 6.92 Å². The molecule has 19 heavy (non-hydrogen) atoms. The molecule has 2 rings (SSSR count). The maximum Gasteiger partial charge on any atom is 0.243 e. The molecule has 0 unspecified atom stereocenters. The van der Waals surface area contributed by atoms with Crippen molar-refractivity contribution in [2.45, 2.75) is 50.5 Å². The predicted octanol–water partition coefficient (Wildman–Crippen LogP) is 2.53. The highest BCUT2D eigenvalue weighted by Crippen LogP contribution is 2.33. The van der Waals surface area contributed by atoms with E-state index in [1.165, 1.54) is 0 Å². The minimum absolute atomic E-state index is 0.194. The van der Waals surface area contributed by atoms with E-state index >= 15 is 0 Å². The third-order valence-corrected chi connectivity index (χ3v) is 5.49. The van der Waals surface area contributed by atoms with Crippen molar-refractivity contribution in [3.8, 4) is 0 Å². The number of rotatable bonds is 6. The molecule has 2 N–H and O–H groups in total. The number of aryl methyl sites for hydroxylation is 1. The Hall–Kier alpha value is -1.07. The molecule has 0 saturated heterocycles. The highest BCUT2D eigenvalue weighted by atomic mass is 32.2. The summed E-state index contributed by atoms with van der Waals surface area (Å²) in [4.78, 5) is 0.318. The minimum Gasteiger partial charge on any atom is -0.398 e. The molecule has 1 aromatic rings. The number of benzene rings is 1. The number of nitrogens with two attached hydrogens (primary N) is 1. The summed E-state index contributed by atoms with van der Waals surface area (Å²) in [7, 11) is -3.40. The van der Waals surface area contributed by atoms with Crippen LogP contribution in [0.3, 0.4) is 0 Å². The van der Waals surface area contributed by atoms with Gasteiger partial charge < -0.3 is 5.73 Å². The van der Waals surface area contributed by atoms with E-state index in [0.717, 1.165) is 31.2 Å². The fourth-order valence-corrected chi connectivity index (χ4v) is 3.85. The van der Waals surface area contributed by atoms with Gasteiger partial charge in [0.1, 0.15) is 0 Å². The van der Waals surface area contributed by atoms with Gasteiger partial charge in [-0.3, -0.25) is 0 Å². The zero-order valence-electron chi connectivity index (χ0n) is 11.6. The number of unbranched alkanes of at least 4 members (excludes halogenated alkanes) is 1. The average Bonchev–Trinajstić information content (AvgIpc) is 3.17. The topological polar surface area (TPSA) is 63.4 Å². The van der Waals surface area contributed by atoms with Crippen molar-refractivity contribution in [1.29, 1.82) is 0 Å². The van der Waals surface area contributed by atoms with Crippen LogP contribution in [0.25, 0.3) is 0 Å². The summed E-state index contributed by atoms with van der Waals surface area (Å²) in [6.07, 6.45) is 3.85. The molecule has 106 valence electrons. The van der Waals surface area contributed by atoms with Crippen molar-refractivity contribution >= 4 is 15.7 Å². The summed E-state index contributed by atoms with van der Waals surface area (Å²) in [5.74, 6) is 0. The van der Waals surface area contributed by atoms with Crippen LogP contribution >= 0.6 is 0 Å². The maximum atomic E-state index is 12.7. The molecule has 1 aromatic carbocycles. The summed E-state index contributed by atoms with van der Waals surface area (Å²) < 4.78 is 27.0. The number of sulfonamides is 1. The van der Waals surface area contributed by atoms with Gasteiger partial charge in [-0.2, -0.15) is 4.31 Å². The number of nitrogens with zero attached hydrogens (tertiary/aromatic N) is 1. The van der Waals surface area contributed by atoms with Crippen LogP contribution in [-0.2, 0) is 10.0 Å². The first-order chi connectivity index (χ1) is 8.96. The number of anilines is 1. The second-order valence-electron chi connectivity index (χ2n) is 5.22. The number of hydrogen-bond donors (Lipinski definition) is 1. The lowest BCUT2D eigenvalue weighted by Crippen LogP contribution is -2.34. The number of hydrogen-bond acceptors (Lipinski definition) is 3. The Morgan fingerprint density at radius 2 is 2.05 bits per heavy atom. The molecule has 1 saturated carbocycles. The Balaban J connectivity index is 2.30. The Bertz CT molecular complexity index is 551. The normalized spacial score (nSPS) is 15.9. The molecule has 0 aliphatic heterocycles. The SMILES string of the molecule is CCCCN(C1CC1)S(=O)(=O)c1ccc(C)c(N)c1. The lowest BCUT2D eigenvalue weighted by Gasteiger charge is -2.22. The molecule has 0 radical (unpaired) electrons. The van der Waals surface area contributed by atoms with E-state index in [1.54, 1.807) is 22.5 Å². The molecular formula is C14H22N2O2S. The third kappa shape index (κ3) is 3.09. The quantitative estimate of drug-likeness (QED) is 0.815. The zero-order valence-corrected chi connectivity index (χ0v) is 12.4. The molecule has 1 aliphatic rings. The van der Waals surface area contributed by atoms with Crippen LogP contribution < -0.4 is 5.73 Å². The lowest BCUT2D eigenvalue weighted by molar-refractivity contribution is 0.396. The van der Waals surface area contributed by atoms with E-state index in [4.69, 9.17) is 5.73 Å². The van der Waals surface area contributed by atoms with Crippen LogP contribution in [0.2, 0.25) is 0 Å². The Labute approximate surface area is 115 Å². The van der Waals surface area contributed by atoms with Gasteiger partial charge in [0.2, 0.25) is 10.0 Å². The summed E-state index contributed by atoms with van der Waals surface area (Å²) in [6.45, 7) is 4.56. The van der Waals surface area contributed by atoms with Gasteiger partial charge in [0.15, 0.2) is 0 Å². The smallest absolute Gasteiger partial charge is 0.243 e. The second kappa shape index (κ2) is 5.51. The molecule has 1 aliphatic carbocycles. The largest absolute Gasteiger partial charge is 0.398 e. The van der Waals surface area contributed by atoms with Gasteiger partial charge in [-0.05, 0) is 43.9 Å². The highest BCUT2D eigenvalue weighted by Gasteiger charge is 2.37. The van der Waals surface area contributed by atoms with Crippen molar-refractivity contribution in [2.75, 3.05) is 12.3 Å². The Kier molecular flexibility index (Phi) is 4.16. The predicted molar refractivity (Wildman–Crippen MR) is 77.4 cm³/mol. The van der Waals surface area contributed by atoms with Crippen LogP contribution in [0.15, 0.2) is 23.1 Å². The van der Waals surface area contributed by atoms with Crippen LogP contribution in [0.4, 0.5) is 5.69 Å². The van der Waals surface area contributed by atoms with Gasteiger partial charge in [-0.25, -0.2) is 8.42 Å². The van der Waals surface area contributed by atoms with E-state index in [-0.39, 0.29) is 6.04 Å². The summed E-state index contributed by atoms with van der Waals surface area (Å²) >= 11 is 0. The van der Waals surface area contributed by atoms with Crippen molar-refractivity contribution in [3.63, 3.8) is 0 Å². The van der Waals surface area contributed by atoms with Gasteiger partial charge in [-0.1, -0.05) is 19.4 Å². The Morgan fingerprint density at radius 1 is 1.37 bits per heavy atom. The van der Waals surface area contributed by atoms with Crippen molar-refractivity contribution in [3.05, 3.63) is 23.8 Å². The van der Waals surface area contributed by atoms with Crippen molar-refractivity contribution in [2.24, 2.45) is 0 Å². The molecule has 0 spiro atoms. The zero-order chi connectivity index (χ0) is 14.0. The molecule has 1 fully saturated rings. The van der Waals surface area contributed by atoms with Crippen molar-refractivity contribution in [1.82, 2.24) is 4.31 Å². The summed E-state index contributed by atoms with van der Waals surface area (Å²) in [6, 6.07) is 5.20. The van der Waals surface area contributed by atoms with Gasteiger partial charge >= 0.3 is 0 Å².